The molecule has 0 saturated carbocycles. The fraction of sp³-hybridized carbons (Fsp3) is 0.115. The normalized spacial score (nSPS) is 17.3. The lowest BCUT2D eigenvalue weighted by Crippen LogP contribution is -2.29. The van der Waals surface area contributed by atoms with Crippen molar-refractivity contribution in [3.63, 3.8) is 0 Å². The fourth-order valence-electron chi connectivity index (χ4n) is 4.07. The van der Waals surface area contributed by atoms with E-state index in [9.17, 15) is 14.7 Å². The van der Waals surface area contributed by atoms with Crippen molar-refractivity contribution in [2.75, 3.05) is 11.5 Å². The van der Waals surface area contributed by atoms with Gasteiger partial charge in [0.25, 0.3) is 5.78 Å². The van der Waals surface area contributed by atoms with Crippen LogP contribution in [0.2, 0.25) is 5.02 Å². The average molecular weight is 509 g/mol. The Morgan fingerprint density at radius 1 is 1.14 bits per heavy atom. The van der Waals surface area contributed by atoms with E-state index in [1.54, 1.807) is 48.5 Å². The van der Waals surface area contributed by atoms with Gasteiger partial charge in [-0.2, -0.15) is 0 Å². The maximum Gasteiger partial charge on any atom is 0.301 e. The monoisotopic (exact) mass is 508 g/mol. The molecule has 0 spiro atoms. The molecule has 35 heavy (non-hydrogen) atoms. The highest BCUT2D eigenvalue weighted by molar-refractivity contribution is 7.22. The zero-order valence-corrected chi connectivity index (χ0v) is 19.9. The van der Waals surface area contributed by atoms with Gasteiger partial charge in [-0.15, -0.1) is 0 Å². The number of nitrogens with zero attached hydrogens (tertiary/aromatic N) is 2. The topological polar surface area (TPSA) is 79.7 Å². The van der Waals surface area contributed by atoms with Gasteiger partial charge in [-0.3, -0.25) is 14.5 Å². The van der Waals surface area contributed by atoms with Gasteiger partial charge in [0.05, 0.1) is 22.4 Å². The van der Waals surface area contributed by atoms with Crippen LogP contribution in [0.4, 0.5) is 9.52 Å². The van der Waals surface area contributed by atoms with E-state index >= 15 is 4.39 Å². The van der Waals surface area contributed by atoms with Gasteiger partial charge in [-0.25, -0.2) is 9.37 Å². The van der Waals surface area contributed by atoms with Gasteiger partial charge >= 0.3 is 5.91 Å². The Balaban J connectivity index is 1.73. The van der Waals surface area contributed by atoms with E-state index in [1.807, 2.05) is 6.92 Å². The number of fused-ring (bicyclic) bond motifs is 1. The summed E-state index contributed by atoms with van der Waals surface area (Å²) in [6, 6.07) is 16.2. The molecule has 0 radical (unpaired) electrons. The molecule has 1 aliphatic rings. The molecule has 2 heterocycles. The van der Waals surface area contributed by atoms with E-state index in [1.165, 1.54) is 18.2 Å². The molecule has 6 nitrogen and oxygen atoms in total. The second kappa shape index (κ2) is 9.13. The molecule has 1 aliphatic heterocycles. The highest BCUT2D eigenvalue weighted by Crippen LogP contribution is 2.45. The van der Waals surface area contributed by atoms with Crippen LogP contribution in [0.25, 0.3) is 16.0 Å². The molecule has 0 aliphatic carbocycles. The van der Waals surface area contributed by atoms with Gasteiger partial charge in [0.15, 0.2) is 5.13 Å². The maximum atomic E-state index is 15.0. The summed E-state index contributed by atoms with van der Waals surface area (Å²) in [5.74, 6) is -2.41. The van der Waals surface area contributed by atoms with Crippen molar-refractivity contribution in [3.8, 4) is 5.75 Å². The van der Waals surface area contributed by atoms with Crippen molar-refractivity contribution in [3.05, 3.63) is 94.3 Å². The van der Waals surface area contributed by atoms with Crippen molar-refractivity contribution in [2.45, 2.75) is 13.0 Å². The van der Waals surface area contributed by atoms with E-state index in [0.29, 0.717) is 27.6 Å². The minimum atomic E-state index is -1.22. The first-order chi connectivity index (χ1) is 16.9. The fourth-order valence-corrected chi connectivity index (χ4v) is 5.33. The highest BCUT2D eigenvalue weighted by Gasteiger charge is 2.49. The number of carbonyl (C=O) groups is 2. The first-order valence-corrected chi connectivity index (χ1v) is 11.9. The molecule has 1 saturated heterocycles. The zero-order chi connectivity index (χ0) is 24.7. The van der Waals surface area contributed by atoms with Gasteiger partial charge in [0, 0.05) is 16.1 Å². The predicted octanol–water partition coefficient (Wildman–Crippen LogP) is 6.11. The standard InChI is InChI=1S/C26H18ClFN2O4S/c1-2-34-16-7-5-6-14(12-16)23(31)21-22(17-8-3-4-9-18(17)28)30(25(33)24(21)32)26-29-19-11-10-15(27)13-20(19)35-26/h3-13,22,31H,2H2,1H3/b23-21+. The minimum absolute atomic E-state index is 0.0616. The summed E-state index contributed by atoms with van der Waals surface area (Å²) in [4.78, 5) is 32.2. The Kier molecular flexibility index (Phi) is 6.00. The molecule has 1 aromatic heterocycles. The summed E-state index contributed by atoms with van der Waals surface area (Å²) < 4.78 is 21.2. The Morgan fingerprint density at radius 3 is 2.71 bits per heavy atom. The number of thiazole rings is 1. The highest BCUT2D eigenvalue weighted by atomic mass is 35.5. The molecule has 1 atom stereocenters. The second-order valence-electron chi connectivity index (χ2n) is 7.76. The summed E-state index contributed by atoms with van der Waals surface area (Å²) in [6.07, 6.45) is 0. The van der Waals surface area contributed by atoms with Crippen LogP contribution in [0.5, 0.6) is 5.75 Å². The largest absolute Gasteiger partial charge is 0.507 e. The third-order valence-corrected chi connectivity index (χ3v) is 6.86. The lowest BCUT2D eigenvalue weighted by molar-refractivity contribution is -0.132. The van der Waals surface area contributed by atoms with E-state index < -0.39 is 29.3 Å². The number of ketones is 1. The van der Waals surface area contributed by atoms with Gasteiger partial charge in [-0.1, -0.05) is 53.3 Å². The quantitative estimate of drug-likeness (QED) is 0.200. The van der Waals surface area contributed by atoms with E-state index in [-0.39, 0.29) is 21.8 Å². The molecule has 4 aromatic rings. The summed E-state index contributed by atoms with van der Waals surface area (Å²) in [7, 11) is 0. The number of aromatic nitrogens is 1. The molecule has 176 valence electrons. The summed E-state index contributed by atoms with van der Waals surface area (Å²) in [5, 5.41) is 11.9. The van der Waals surface area contributed by atoms with Gasteiger partial charge in [0.2, 0.25) is 0 Å². The summed E-state index contributed by atoms with van der Waals surface area (Å²) >= 11 is 7.24. The molecular weight excluding hydrogens is 491 g/mol. The van der Waals surface area contributed by atoms with E-state index in [4.69, 9.17) is 16.3 Å². The number of benzene rings is 3. The number of aliphatic hydroxyl groups is 1. The van der Waals surface area contributed by atoms with Gasteiger partial charge in [-0.05, 0) is 43.3 Å². The third kappa shape index (κ3) is 4.05. The van der Waals surface area contributed by atoms with Crippen LogP contribution < -0.4 is 9.64 Å². The maximum absolute atomic E-state index is 15.0. The van der Waals surface area contributed by atoms with Crippen LogP contribution in [0, 0.1) is 5.82 Å². The van der Waals surface area contributed by atoms with E-state index in [2.05, 4.69) is 4.98 Å². The molecule has 1 amide bonds. The summed E-state index contributed by atoms with van der Waals surface area (Å²) in [6.45, 7) is 2.23. The molecule has 9 heteroatoms. The van der Waals surface area contributed by atoms with E-state index in [0.717, 1.165) is 16.2 Å². The third-order valence-electron chi connectivity index (χ3n) is 5.61. The number of anilines is 1. The number of Topliss-reactive ketones (excluding diaryl/α,β-unsaturated/α-hetero) is 1. The number of amides is 1. The number of ether oxygens (including phenoxy) is 1. The SMILES string of the molecule is CCOc1cccc(/C(O)=C2\C(=O)C(=O)N(c3nc4ccc(Cl)cc4s3)C2c2ccccc2F)c1. The van der Waals surface area contributed by atoms with Gasteiger partial charge in [0.1, 0.15) is 23.4 Å². The van der Waals surface area contributed by atoms with Crippen LogP contribution in [-0.4, -0.2) is 28.4 Å². The van der Waals surface area contributed by atoms with Crippen LogP contribution in [0.1, 0.15) is 24.1 Å². The second-order valence-corrected chi connectivity index (χ2v) is 9.21. The van der Waals surface area contributed by atoms with Crippen LogP contribution in [0.3, 0.4) is 0 Å². The first-order valence-electron chi connectivity index (χ1n) is 10.7. The summed E-state index contributed by atoms with van der Waals surface area (Å²) in [5.41, 5.74) is 0.678. The minimum Gasteiger partial charge on any atom is -0.507 e. The van der Waals surface area contributed by atoms with Crippen molar-refractivity contribution >= 4 is 55.7 Å². The molecule has 5 rings (SSSR count). The Labute approximate surface area is 208 Å². The van der Waals surface area contributed by atoms with Crippen molar-refractivity contribution in [1.29, 1.82) is 0 Å². The lowest BCUT2D eigenvalue weighted by Gasteiger charge is -2.23. The number of hydrogen-bond donors (Lipinski definition) is 1. The van der Waals surface area contributed by atoms with Crippen molar-refractivity contribution in [1.82, 2.24) is 4.98 Å². The number of carbonyl (C=O) groups excluding carboxylic acids is 2. The smallest absolute Gasteiger partial charge is 0.301 e. The lowest BCUT2D eigenvalue weighted by atomic mass is 9.95. The Morgan fingerprint density at radius 2 is 1.94 bits per heavy atom. The number of aliphatic hydroxyl groups excluding tert-OH is 1. The molecular formula is C26H18ClFN2O4S. The number of hydrogen-bond acceptors (Lipinski definition) is 6. The number of rotatable bonds is 5. The Bertz CT molecular complexity index is 1520. The van der Waals surface area contributed by atoms with Crippen LogP contribution in [0.15, 0.2) is 72.3 Å². The van der Waals surface area contributed by atoms with Crippen LogP contribution in [-0.2, 0) is 9.59 Å². The Hall–Kier alpha value is -3.75. The first kappa shape index (κ1) is 23.0. The number of halogens is 2. The van der Waals surface area contributed by atoms with Crippen molar-refractivity contribution in [2.24, 2.45) is 0 Å². The molecule has 0 bridgehead atoms. The predicted molar refractivity (Wildman–Crippen MR) is 133 cm³/mol. The van der Waals surface area contributed by atoms with Crippen LogP contribution >= 0.6 is 22.9 Å². The molecule has 1 N–H and O–H groups in total. The zero-order valence-electron chi connectivity index (χ0n) is 18.4. The molecule has 1 unspecified atom stereocenters. The molecule has 1 fully saturated rings. The molecule has 3 aromatic carbocycles. The van der Waals surface area contributed by atoms with Crippen molar-refractivity contribution < 1.29 is 23.8 Å². The van der Waals surface area contributed by atoms with Gasteiger partial charge < -0.3 is 9.84 Å². The average Bonchev–Trinajstić information content (AvgIpc) is 3.37.